The molecule has 32 heavy (non-hydrogen) atoms. The van der Waals surface area contributed by atoms with E-state index < -0.39 is 47.6 Å². The monoisotopic (exact) mass is 484 g/mol. The first-order valence-electron chi connectivity index (χ1n) is 9.61. The molecule has 16 heteroatoms. The lowest BCUT2D eigenvalue weighted by Crippen LogP contribution is -2.42. The zero-order chi connectivity index (χ0) is 23.1. The summed E-state index contributed by atoms with van der Waals surface area (Å²) in [5, 5.41) is 21.6. The van der Waals surface area contributed by atoms with E-state index in [1.54, 1.807) is 0 Å². The van der Waals surface area contributed by atoms with Gasteiger partial charge in [-0.05, 0) is 36.7 Å². The molecule has 1 amide bonds. The molecule has 2 aliphatic rings. The third-order valence-corrected chi connectivity index (χ3v) is 7.87. The van der Waals surface area contributed by atoms with E-state index in [9.17, 15) is 26.4 Å². The van der Waals surface area contributed by atoms with Gasteiger partial charge >= 0.3 is 0 Å². The number of benzene rings is 1. The zero-order valence-corrected chi connectivity index (χ0v) is 18.2. The predicted molar refractivity (Wildman–Crippen MR) is 109 cm³/mol. The lowest BCUT2D eigenvalue weighted by molar-refractivity contribution is -0.137. The van der Waals surface area contributed by atoms with Crippen LogP contribution in [0.15, 0.2) is 21.9 Å². The molecule has 5 N–H and O–H groups in total. The Morgan fingerprint density at radius 2 is 1.97 bits per heavy atom. The van der Waals surface area contributed by atoms with E-state index >= 15 is 0 Å². The highest BCUT2D eigenvalue weighted by Gasteiger charge is 2.37. The summed E-state index contributed by atoms with van der Waals surface area (Å²) in [7, 11) is -9.03. The number of H-pyrrole nitrogens is 1. The molecule has 14 nitrogen and oxygen atoms in total. The highest BCUT2D eigenvalue weighted by molar-refractivity contribution is 7.92. The van der Waals surface area contributed by atoms with Crippen molar-refractivity contribution in [2.45, 2.75) is 35.1 Å². The number of nitrogens with zero attached hydrogens (tertiary/aromatic N) is 4. The van der Waals surface area contributed by atoms with E-state index in [1.165, 1.54) is 6.07 Å². The number of tetrazole rings is 1. The fraction of sp³-hybridized carbons (Fsp3) is 0.438. The molecule has 2 aromatic rings. The first-order chi connectivity index (χ1) is 15.1. The summed E-state index contributed by atoms with van der Waals surface area (Å²) >= 11 is 0. The number of carbonyl (C=O) groups excluding carboxylic acids is 2. The molecule has 1 unspecified atom stereocenters. The predicted octanol–water partition coefficient (Wildman–Crippen LogP) is -2.15. The Labute approximate surface area is 183 Å². The van der Waals surface area contributed by atoms with Crippen molar-refractivity contribution in [3.05, 3.63) is 12.1 Å². The number of nitrogens with one attached hydrogen (secondary N) is 3. The molecular formula is C16H20N8O6S2. The third kappa shape index (κ3) is 4.14. The van der Waals surface area contributed by atoms with Gasteiger partial charge < -0.3 is 10.2 Å². The summed E-state index contributed by atoms with van der Waals surface area (Å²) in [6, 6.07) is 1.83. The van der Waals surface area contributed by atoms with Crippen LogP contribution < -0.4 is 20.1 Å². The number of carbonyl (C=O) groups is 2. The number of piperidine rings is 1. The van der Waals surface area contributed by atoms with Crippen LogP contribution in [0.4, 0.5) is 5.69 Å². The summed E-state index contributed by atoms with van der Waals surface area (Å²) in [5.74, 6) is -1.80. The molecule has 2 aliphatic heterocycles. The Morgan fingerprint density at radius 1 is 1.19 bits per heavy atom. The van der Waals surface area contributed by atoms with Crippen LogP contribution in [-0.4, -0.2) is 74.8 Å². The minimum atomic E-state index is -4.68. The largest absolute Gasteiger partial charge is 0.315 e. The molecule has 1 atom stereocenters. The number of Topliss-reactive ketones (excluding diaryl/α,β-unsaturated/α-hetero) is 1. The summed E-state index contributed by atoms with van der Waals surface area (Å²) in [4.78, 5) is 24.2. The number of rotatable bonds is 6. The Kier molecular flexibility index (Phi) is 5.80. The van der Waals surface area contributed by atoms with Crippen molar-refractivity contribution in [2.24, 2.45) is 5.14 Å². The maximum atomic E-state index is 13.1. The molecule has 0 spiro atoms. The Hall–Kier alpha value is -2.79. The van der Waals surface area contributed by atoms with Gasteiger partial charge in [-0.2, -0.15) is 5.21 Å². The van der Waals surface area contributed by atoms with Crippen molar-refractivity contribution in [3.63, 3.8) is 0 Å². The van der Waals surface area contributed by atoms with E-state index in [2.05, 4.69) is 30.7 Å². The number of anilines is 1. The first kappa shape index (κ1) is 22.4. The molecule has 0 bridgehead atoms. The van der Waals surface area contributed by atoms with Crippen LogP contribution in [0.5, 0.6) is 0 Å². The van der Waals surface area contributed by atoms with Crippen LogP contribution in [-0.2, 0) is 29.6 Å². The lowest BCUT2D eigenvalue weighted by Gasteiger charge is -2.28. The van der Waals surface area contributed by atoms with Gasteiger partial charge in [0.1, 0.15) is 9.79 Å². The number of primary sulfonamides is 1. The molecule has 0 aliphatic carbocycles. The van der Waals surface area contributed by atoms with E-state index in [0.29, 0.717) is 25.9 Å². The van der Waals surface area contributed by atoms with Crippen molar-refractivity contribution in [1.29, 1.82) is 0 Å². The molecule has 1 aromatic heterocycles. The van der Waals surface area contributed by atoms with Gasteiger partial charge in [-0.1, -0.05) is 0 Å². The second-order valence-corrected chi connectivity index (χ2v) is 10.5. The number of nitrogens with two attached hydrogens (primary N) is 1. The van der Waals surface area contributed by atoms with E-state index in [-0.39, 0.29) is 30.0 Å². The molecule has 4 rings (SSSR count). The normalized spacial score (nSPS) is 20.2. The van der Waals surface area contributed by atoms with Gasteiger partial charge in [0.15, 0.2) is 0 Å². The number of hydrogen-bond donors (Lipinski definition) is 4. The van der Waals surface area contributed by atoms with Gasteiger partial charge in [-0.25, -0.2) is 26.7 Å². The molecule has 1 aromatic carbocycles. The maximum absolute atomic E-state index is 13.1. The van der Waals surface area contributed by atoms with E-state index in [4.69, 9.17) is 5.14 Å². The van der Waals surface area contributed by atoms with Crippen LogP contribution in [0.1, 0.15) is 19.3 Å². The summed E-state index contributed by atoms with van der Waals surface area (Å²) in [5.41, 5.74) is -0.397. The molecule has 172 valence electrons. The molecule has 2 fully saturated rings. The van der Waals surface area contributed by atoms with Crippen LogP contribution in [0.3, 0.4) is 0 Å². The topological polar surface area (TPSA) is 210 Å². The van der Waals surface area contributed by atoms with Gasteiger partial charge in [-0.15, -0.1) is 10.2 Å². The van der Waals surface area contributed by atoms with Crippen molar-refractivity contribution in [3.8, 4) is 11.4 Å². The minimum Gasteiger partial charge on any atom is -0.315 e. The standard InChI is InChI=1S/C16H20N8O6S2/c17-31(27,28)14-12(32(29,30)21-9-5-6-18-8-9)4-3-10(13(14)15-19-22-23-20-15)24-7-1-2-11(25)16(24)26/h3-4,9,18,21H,1-2,5-8H2,(H2,17,27,28)(H,19,20,22,23). The SMILES string of the molecule is NS(=O)(=O)c1c(S(=O)(=O)NC2CCNC2)ccc(N2CCCC(=O)C2=O)c1-c1nn[nH]n1. The smallest absolute Gasteiger partial charge is 0.294 e. The molecule has 3 heterocycles. The van der Waals surface area contributed by atoms with Crippen LogP contribution in [0.25, 0.3) is 11.4 Å². The number of aromatic nitrogens is 4. The van der Waals surface area contributed by atoms with Crippen molar-refractivity contribution < 1.29 is 26.4 Å². The van der Waals surface area contributed by atoms with Crippen molar-refractivity contribution in [2.75, 3.05) is 24.5 Å². The average molecular weight is 485 g/mol. The Balaban J connectivity index is 1.97. The van der Waals surface area contributed by atoms with Gasteiger partial charge in [-0.3, -0.25) is 9.59 Å². The van der Waals surface area contributed by atoms with Gasteiger partial charge in [0.05, 0.1) is 11.3 Å². The summed E-state index contributed by atoms with van der Waals surface area (Å²) in [6.45, 7) is 1.09. The lowest BCUT2D eigenvalue weighted by atomic mass is 10.1. The first-order valence-corrected chi connectivity index (χ1v) is 12.6. The molecule has 0 saturated carbocycles. The summed E-state index contributed by atoms with van der Waals surface area (Å²) < 4.78 is 54.0. The number of ketones is 1. The Bertz CT molecular complexity index is 1270. The highest BCUT2D eigenvalue weighted by atomic mass is 32.2. The van der Waals surface area contributed by atoms with Gasteiger partial charge in [0, 0.05) is 25.6 Å². The second kappa shape index (κ2) is 8.28. The van der Waals surface area contributed by atoms with E-state index in [0.717, 1.165) is 11.0 Å². The zero-order valence-electron chi connectivity index (χ0n) is 16.6. The fourth-order valence-electron chi connectivity index (χ4n) is 3.78. The highest BCUT2D eigenvalue weighted by Crippen LogP contribution is 2.39. The van der Waals surface area contributed by atoms with E-state index in [1.807, 2.05) is 0 Å². The van der Waals surface area contributed by atoms with Crippen LogP contribution >= 0.6 is 0 Å². The third-order valence-electron chi connectivity index (χ3n) is 5.18. The average Bonchev–Trinajstić information content (AvgIpc) is 3.42. The number of aromatic amines is 1. The Morgan fingerprint density at radius 3 is 2.59 bits per heavy atom. The van der Waals surface area contributed by atoms with Gasteiger partial charge in [0.2, 0.25) is 31.7 Å². The van der Waals surface area contributed by atoms with Crippen LogP contribution in [0, 0.1) is 0 Å². The number of hydrogen-bond acceptors (Lipinski definition) is 10. The van der Waals surface area contributed by atoms with Crippen molar-refractivity contribution >= 4 is 37.4 Å². The fourth-order valence-corrected chi connectivity index (χ4v) is 6.65. The number of sulfonamides is 2. The molecular weight excluding hydrogens is 464 g/mol. The molecule has 0 radical (unpaired) electrons. The quantitative estimate of drug-likeness (QED) is 0.326. The number of amides is 1. The minimum absolute atomic E-state index is 0.0563. The summed E-state index contributed by atoms with van der Waals surface area (Å²) in [6.07, 6.45) is 0.919. The maximum Gasteiger partial charge on any atom is 0.294 e. The van der Waals surface area contributed by atoms with Gasteiger partial charge in [0.25, 0.3) is 5.91 Å². The molecule has 2 saturated heterocycles. The van der Waals surface area contributed by atoms with Crippen LogP contribution in [0.2, 0.25) is 0 Å². The van der Waals surface area contributed by atoms with Crippen molar-refractivity contribution in [1.82, 2.24) is 30.7 Å². The second-order valence-electron chi connectivity index (χ2n) is 7.36.